The van der Waals surface area contributed by atoms with Crippen LogP contribution < -0.4 is 0 Å². The van der Waals surface area contributed by atoms with E-state index in [4.69, 9.17) is 34.8 Å². The van der Waals surface area contributed by atoms with Gasteiger partial charge in [0.15, 0.2) is 5.78 Å². The number of hydrogen-bond donors (Lipinski definition) is 0. The molecule has 5 heteroatoms. The fourth-order valence-electron chi connectivity index (χ4n) is 0.849. The van der Waals surface area contributed by atoms with Gasteiger partial charge in [-0.2, -0.15) is 0 Å². The summed E-state index contributed by atoms with van der Waals surface area (Å²) in [5, 5.41) is -0.171. The van der Waals surface area contributed by atoms with E-state index in [-0.39, 0.29) is 21.5 Å². The molecule has 0 aromatic heterocycles. The van der Waals surface area contributed by atoms with Crippen molar-refractivity contribution in [2.75, 3.05) is 5.88 Å². The van der Waals surface area contributed by atoms with Crippen molar-refractivity contribution >= 4 is 40.6 Å². The van der Waals surface area contributed by atoms with Crippen molar-refractivity contribution in [1.29, 1.82) is 0 Å². The van der Waals surface area contributed by atoms with Gasteiger partial charge in [0.2, 0.25) is 0 Å². The van der Waals surface area contributed by atoms with Gasteiger partial charge in [0.25, 0.3) is 0 Å². The number of hydrogen-bond acceptors (Lipinski definition) is 1. The second-order valence-electron chi connectivity index (χ2n) is 2.27. The summed E-state index contributed by atoms with van der Waals surface area (Å²) in [5.41, 5.74) is -0.0571. The molecule has 0 unspecified atom stereocenters. The lowest BCUT2D eigenvalue weighted by atomic mass is 10.1. The van der Waals surface area contributed by atoms with Crippen LogP contribution in [0.4, 0.5) is 4.39 Å². The summed E-state index contributed by atoms with van der Waals surface area (Å²) in [6.07, 6.45) is 0. The standard InChI is InChI=1S/C8H4Cl3FO/c9-3-6(13)7-4(10)1-2-5(12)8(7)11/h1-2H,3H2. The number of rotatable bonds is 2. The van der Waals surface area contributed by atoms with Gasteiger partial charge in [-0.25, -0.2) is 4.39 Å². The van der Waals surface area contributed by atoms with E-state index in [1.54, 1.807) is 0 Å². The van der Waals surface area contributed by atoms with Crippen LogP contribution in [0, 0.1) is 5.82 Å². The molecule has 0 spiro atoms. The summed E-state index contributed by atoms with van der Waals surface area (Å²) in [6.45, 7) is 0. The van der Waals surface area contributed by atoms with Crippen molar-refractivity contribution in [3.63, 3.8) is 0 Å². The van der Waals surface area contributed by atoms with Crippen LogP contribution in [0.1, 0.15) is 10.4 Å². The number of halogens is 4. The van der Waals surface area contributed by atoms with Crippen LogP contribution in [0.3, 0.4) is 0 Å². The number of carbonyl (C=O) groups is 1. The maximum Gasteiger partial charge on any atom is 0.180 e. The maximum atomic E-state index is 12.9. The van der Waals surface area contributed by atoms with Gasteiger partial charge in [-0.3, -0.25) is 4.79 Å². The molecule has 1 nitrogen and oxygen atoms in total. The molecule has 0 saturated heterocycles. The van der Waals surface area contributed by atoms with Crippen molar-refractivity contribution in [3.05, 3.63) is 33.6 Å². The fourth-order valence-corrected chi connectivity index (χ4v) is 1.56. The normalized spacial score (nSPS) is 10.2. The van der Waals surface area contributed by atoms with Gasteiger partial charge in [0.05, 0.1) is 21.5 Å². The minimum absolute atomic E-state index is 0.0571. The first-order valence-corrected chi connectivity index (χ1v) is 4.59. The molecule has 0 fully saturated rings. The fraction of sp³-hybridized carbons (Fsp3) is 0.125. The first kappa shape index (κ1) is 10.8. The van der Waals surface area contributed by atoms with Crippen LogP contribution in [0.2, 0.25) is 10.0 Å². The van der Waals surface area contributed by atoms with Crippen LogP contribution >= 0.6 is 34.8 Å². The van der Waals surface area contributed by atoms with E-state index in [9.17, 15) is 9.18 Å². The first-order valence-electron chi connectivity index (χ1n) is 3.30. The van der Waals surface area contributed by atoms with Gasteiger partial charge in [-0.05, 0) is 12.1 Å². The number of alkyl halides is 1. The Morgan fingerprint density at radius 1 is 1.38 bits per heavy atom. The minimum atomic E-state index is -0.681. The molecule has 0 radical (unpaired) electrons. The first-order chi connectivity index (χ1) is 6.07. The van der Waals surface area contributed by atoms with Gasteiger partial charge in [-0.1, -0.05) is 23.2 Å². The van der Waals surface area contributed by atoms with Crippen molar-refractivity contribution < 1.29 is 9.18 Å². The highest BCUT2D eigenvalue weighted by atomic mass is 35.5. The molecule has 0 saturated carbocycles. The Balaban J connectivity index is 3.33. The highest BCUT2D eigenvalue weighted by molar-refractivity contribution is 6.42. The number of ketones is 1. The van der Waals surface area contributed by atoms with E-state index < -0.39 is 11.6 Å². The Morgan fingerprint density at radius 2 is 2.00 bits per heavy atom. The second-order valence-corrected chi connectivity index (χ2v) is 3.33. The predicted molar refractivity (Wildman–Crippen MR) is 51.5 cm³/mol. The highest BCUT2D eigenvalue weighted by Gasteiger charge is 2.16. The molecule has 0 N–H and O–H groups in total. The lowest BCUT2D eigenvalue weighted by Gasteiger charge is -2.03. The molecule has 0 atom stereocenters. The largest absolute Gasteiger partial charge is 0.293 e. The summed E-state index contributed by atoms with van der Waals surface area (Å²) in [7, 11) is 0. The average Bonchev–Trinajstić information content (AvgIpc) is 2.12. The number of carbonyl (C=O) groups excluding carboxylic acids is 1. The molecular formula is C8H4Cl3FO. The Bertz CT molecular complexity index is 351. The third-order valence-corrected chi connectivity index (χ3v) is 2.37. The van der Waals surface area contributed by atoms with Crippen LogP contribution in [0.15, 0.2) is 12.1 Å². The molecule has 0 heterocycles. The molecule has 1 rings (SSSR count). The Kier molecular flexibility index (Phi) is 3.54. The minimum Gasteiger partial charge on any atom is -0.293 e. The van der Waals surface area contributed by atoms with E-state index in [1.165, 1.54) is 6.07 Å². The van der Waals surface area contributed by atoms with Crippen LogP contribution in [-0.4, -0.2) is 11.7 Å². The third kappa shape index (κ3) is 2.13. The lowest BCUT2D eigenvalue weighted by Crippen LogP contribution is -2.03. The topological polar surface area (TPSA) is 17.1 Å². The zero-order valence-electron chi connectivity index (χ0n) is 6.28. The molecule has 1 aromatic rings. The molecule has 0 aliphatic carbocycles. The van der Waals surface area contributed by atoms with Gasteiger partial charge < -0.3 is 0 Å². The summed E-state index contributed by atoms with van der Waals surface area (Å²) in [4.78, 5) is 11.1. The van der Waals surface area contributed by atoms with E-state index in [0.717, 1.165) is 6.07 Å². The molecule has 0 aliphatic heterocycles. The predicted octanol–water partition coefficient (Wildman–Crippen LogP) is 3.55. The molecule has 0 bridgehead atoms. The molecular weight excluding hydrogens is 237 g/mol. The van der Waals surface area contributed by atoms with Crippen molar-refractivity contribution in [2.45, 2.75) is 0 Å². The van der Waals surface area contributed by atoms with Crippen LogP contribution in [0.25, 0.3) is 0 Å². The summed E-state index contributed by atoms with van der Waals surface area (Å²) in [6, 6.07) is 2.36. The van der Waals surface area contributed by atoms with Crippen LogP contribution in [-0.2, 0) is 0 Å². The Hall–Kier alpha value is -0.310. The second kappa shape index (κ2) is 4.27. The van der Waals surface area contributed by atoms with Crippen molar-refractivity contribution in [3.8, 4) is 0 Å². The molecule has 0 amide bonds. The molecule has 70 valence electrons. The zero-order chi connectivity index (χ0) is 10.0. The zero-order valence-corrected chi connectivity index (χ0v) is 8.55. The Morgan fingerprint density at radius 3 is 2.54 bits per heavy atom. The Labute approximate surface area is 89.4 Å². The number of benzene rings is 1. The SMILES string of the molecule is O=C(CCl)c1c(Cl)ccc(F)c1Cl. The maximum absolute atomic E-state index is 12.9. The monoisotopic (exact) mass is 240 g/mol. The van der Waals surface area contributed by atoms with Gasteiger partial charge in [0, 0.05) is 0 Å². The van der Waals surface area contributed by atoms with E-state index >= 15 is 0 Å². The highest BCUT2D eigenvalue weighted by Crippen LogP contribution is 2.27. The van der Waals surface area contributed by atoms with Gasteiger partial charge >= 0.3 is 0 Å². The molecule has 13 heavy (non-hydrogen) atoms. The summed E-state index contributed by atoms with van der Waals surface area (Å²) in [5.74, 6) is -1.45. The summed E-state index contributed by atoms with van der Waals surface area (Å²) < 4.78 is 12.9. The lowest BCUT2D eigenvalue weighted by molar-refractivity contribution is 0.102. The molecule has 0 aliphatic rings. The van der Waals surface area contributed by atoms with Gasteiger partial charge in [-0.15, -0.1) is 11.6 Å². The quantitative estimate of drug-likeness (QED) is 0.440. The van der Waals surface area contributed by atoms with E-state index in [1.807, 2.05) is 0 Å². The van der Waals surface area contributed by atoms with Crippen molar-refractivity contribution in [1.82, 2.24) is 0 Å². The van der Waals surface area contributed by atoms with E-state index in [0.29, 0.717) is 0 Å². The third-order valence-electron chi connectivity index (χ3n) is 1.44. The van der Waals surface area contributed by atoms with Crippen LogP contribution in [0.5, 0.6) is 0 Å². The smallest absolute Gasteiger partial charge is 0.180 e. The van der Waals surface area contributed by atoms with Crippen molar-refractivity contribution in [2.24, 2.45) is 0 Å². The van der Waals surface area contributed by atoms with E-state index in [2.05, 4.69) is 0 Å². The summed E-state index contributed by atoms with van der Waals surface area (Å²) >= 11 is 16.5. The molecule has 1 aromatic carbocycles. The average molecular weight is 241 g/mol. The number of Topliss-reactive ketones (excluding diaryl/α,β-unsaturated/α-hetero) is 1. The van der Waals surface area contributed by atoms with Gasteiger partial charge in [0.1, 0.15) is 5.82 Å².